The highest BCUT2D eigenvalue weighted by Gasteiger charge is 2.69. The normalized spacial score (nSPS) is 51.5. The Kier molecular flexibility index (Phi) is 3.56. The van der Waals surface area contributed by atoms with Gasteiger partial charge in [0.25, 0.3) is 0 Å². The van der Waals surface area contributed by atoms with Crippen LogP contribution in [0.2, 0.25) is 0 Å². The molecule has 0 aromatic carbocycles. The quantitative estimate of drug-likeness (QED) is 0.581. The Balaban J connectivity index is 1.84. The lowest BCUT2D eigenvalue weighted by Gasteiger charge is -2.65. The lowest BCUT2D eigenvalue weighted by Crippen LogP contribution is -2.71. The molecule has 0 spiro atoms. The van der Waals surface area contributed by atoms with Crippen molar-refractivity contribution in [3.8, 4) is 0 Å². The average Bonchev–Trinajstić information content (AvgIpc) is 2.80. The molecular weight excluding hydrogens is 320 g/mol. The zero-order valence-electron chi connectivity index (χ0n) is 15.6. The van der Waals surface area contributed by atoms with Crippen molar-refractivity contribution < 1.29 is 24.9 Å². The van der Waals surface area contributed by atoms with Crippen LogP contribution in [0.15, 0.2) is 11.1 Å². The van der Waals surface area contributed by atoms with Gasteiger partial charge in [0.05, 0.1) is 0 Å². The van der Waals surface area contributed by atoms with Gasteiger partial charge >= 0.3 is 5.97 Å². The van der Waals surface area contributed by atoms with Gasteiger partial charge in [0, 0.05) is 17.1 Å². The molecule has 3 fully saturated rings. The second kappa shape index (κ2) is 5.08. The molecule has 140 valence electrons. The third kappa shape index (κ3) is 2.03. The largest absolute Gasteiger partial charge is 0.452 e. The predicted octanol–water partition coefficient (Wildman–Crippen LogP) is 1.94. The Bertz CT molecular complexity index is 652. The summed E-state index contributed by atoms with van der Waals surface area (Å²) in [5.41, 5.74) is -0.840. The van der Waals surface area contributed by atoms with Crippen molar-refractivity contribution in [2.24, 2.45) is 22.7 Å². The zero-order chi connectivity index (χ0) is 18.4. The van der Waals surface area contributed by atoms with Crippen LogP contribution >= 0.6 is 0 Å². The SMILES string of the molecule is CC1=C2[C@H](OC1=O)[C@H](O)[C@H]1[C@]3(C)CCCC(C)(C)[C@H]3CC[C@@]1(O)[C@H]2O. The summed E-state index contributed by atoms with van der Waals surface area (Å²) in [7, 11) is 0. The van der Waals surface area contributed by atoms with Crippen LogP contribution in [0.25, 0.3) is 0 Å². The number of ether oxygens (including phenoxy) is 1. The van der Waals surface area contributed by atoms with Gasteiger partial charge in [-0.3, -0.25) is 0 Å². The molecule has 0 bridgehead atoms. The van der Waals surface area contributed by atoms with Crippen LogP contribution in [0.3, 0.4) is 0 Å². The maximum atomic E-state index is 12.0. The van der Waals surface area contributed by atoms with E-state index in [1.165, 1.54) is 0 Å². The molecule has 4 rings (SSSR count). The number of fused-ring (bicyclic) bond motifs is 4. The van der Waals surface area contributed by atoms with E-state index in [2.05, 4.69) is 20.8 Å². The third-order valence-electron chi connectivity index (χ3n) is 8.06. The van der Waals surface area contributed by atoms with E-state index in [0.717, 1.165) is 25.7 Å². The minimum Gasteiger partial charge on any atom is -0.452 e. The minimum atomic E-state index is -1.40. The lowest BCUT2D eigenvalue weighted by molar-refractivity contribution is -0.259. The molecular formula is C20H30O5. The molecule has 0 unspecified atom stereocenters. The number of esters is 1. The number of aliphatic hydroxyl groups excluding tert-OH is 2. The number of carbonyl (C=O) groups is 1. The smallest absolute Gasteiger partial charge is 0.334 e. The van der Waals surface area contributed by atoms with Gasteiger partial charge in [-0.1, -0.05) is 27.2 Å². The monoisotopic (exact) mass is 350 g/mol. The fraction of sp³-hybridized carbons (Fsp3) is 0.850. The van der Waals surface area contributed by atoms with Crippen LogP contribution in [0.1, 0.15) is 59.8 Å². The van der Waals surface area contributed by atoms with Gasteiger partial charge in [-0.2, -0.15) is 0 Å². The summed E-state index contributed by atoms with van der Waals surface area (Å²) in [5.74, 6) is -0.628. The molecule has 4 aliphatic rings. The van der Waals surface area contributed by atoms with Crippen molar-refractivity contribution in [2.75, 3.05) is 0 Å². The van der Waals surface area contributed by atoms with E-state index < -0.39 is 35.8 Å². The molecule has 7 atom stereocenters. The Labute approximate surface area is 149 Å². The Morgan fingerprint density at radius 3 is 2.48 bits per heavy atom. The lowest BCUT2D eigenvalue weighted by atomic mass is 9.42. The summed E-state index contributed by atoms with van der Waals surface area (Å²) in [4.78, 5) is 12.0. The van der Waals surface area contributed by atoms with E-state index in [-0.39, 0.29) is 10.8 Å². The van der Waals surface area contributed by atoms with E-state index in [0.29, 0.717) is 23.5 Å². The van der Waals surface area contributed by atoms with Crippen molar-refractivity contribution in [3.05, 3.63) is 11.1 Å². The van der Waals surface area contributed by atoms with Crippen LogP contribution in [-0.2, 0) is 9.53 Å². The molecule has 3 aliphatic carbocycles. The number of aliphatic hydroxyl groups is 3. The first-order chi connectivity index (χ1) is 11.5. The highest BCUT2D eigenvalue weighted by atomic mass is 16.6. The molecule has 0 aromatic rings. The van der Waals surface area contributed by atoms with Gasteiger partial charge in [0.15, 0.2) is 6.10 Å². The molecule has 0 amide bonds. The standard InChI is InChI=1S/C20H30O5/c1-10-12-14(25-17(10)23)13(21)15-19(4)8-5-7-18(2,3)11(19)6-9-20(15,24)16(12)22/h11,13-16,21-22,24H,5-9H2,1-4H3/t11-,13+,14+,15+,16+,19-,20+/m1/s1. The van der Waals surface area contributed by atoms with Crippen molar-refractivity contribution in [1.29, 1.82) is 0 Å². The Morgan fingerprint density at radius 1 is 1.12 bits per heavy atom. The van der Waals surface area contributed by atoms with Gasteiger partial charge in [0.2, 0.25) is 0 Å². The number of hydrogen-bond acceptors (Lipinski definition) is 5. The summed E-state index contributed by atoms with van der Waals surface area (Å²) in [6.07, 6.45) is 1.40. The molecule has 3 N–H and O–H groups in total. The minimum absolute atomic E-state index is 0.136. The van der Waals surface area contributed by atoms with Crippen molar-refractivity contribution in [1.82, 2.24) is 0 Å². The van der Waals surface area contributed by atoms with E-state index in [1.807, 2.05) is 0 Å². The second-order valence-electron chi connectivity index (χ2n) is 9.71. The third-order valence-corrected chi connectivity index (χ3v) is 8.06. The average molecular weight is 350 g/mol. The first kappa shape index (κ1) is 17.5. The van der Waals surface area contributed by atoms with E-state index in [9.17, 15) is 20.1 Å². The predicted molar refractivity (Wildman–Crippen MR) is 91.5 cm³/mol. The van der Waals surface area contributed by atoms with Gasteiger partial charge in [-0.05, 0) is 49.4 Å². The van der Waals surface area contributed by atoms with Crippen LogP contribution in [0, 0.1) is 22.7 Å². The molecule has 0 aromatic heterocycles. The van der Waals surface area contributed by atoms with E-state index >= 15 is 0 Å². The van der Waals surface area contributed by atoms with Crippen molar-refractivity contribution >= 4 is 5.97 Å². The maximum Gasteiger partial charge on any atom is 0.334 e. The second-order valence-corrected chi connectivity index (χ2v) is 9.71. The molecule has 5 nitrogen and oxygen atoms in total. The first-order valence-electron chi connectivity index (χ1n) is 9.54. The molecule has 25 heavy (non-hydrogen) atoms. The van der Waals surface area contributed by atoms with Crippen LogP contribution in [-0.4, -0.2) is 45.2 Å². The Hall–Kier alpha value is -0.910. The number of hydrogen-bond donors (Lipinski definition) is 3. The molecule has 0 saturated heterocycles. The topological polar surface area (TPSA) is 87.0 Å². The first-order valence-corrected chi connectivity index (χ1v) is 9.54. The summed E-state index contributed by atoms with van der Waals surface area (Å²) in [6, 6.07) is 0. The fourth-order valence-corrected chi connectivity index (χ4v) is 7.01. The molecule has 1 heterocycles. The van der Waals surface area contributed by atoms with Crippen LogP contribution in [0.4, 0.5) is 0 Å². The van der Waals surface area contributed by atoms with E-state index in [1.54, 1.807) is 6.92 Å². The van der Waals surface area contributed by atoms with Gasteiger partial charge in [-0.15, -0.1) is 0 Å². The van der Waals surface area contributed by atoms with Gasteiger partial charge < -0.3 is 20.1 Å². The summed E-state index contributed by atoms with van der Waals surface area (Å²) >= 11 is 0. The number of rotatable bonds is 0. The van der Waals surface area contributed by atoms with Crippen molar-refractivity contribution in [3.63, 3.8) is 0 Å². The van der Waals surface area contributed by atoms with Crippen LogP contribution < -0.4 is 0 Å². The molecule has 1 aliphatic heterocycles. The van der Waals surface area contributed by atoms with E-state index in [4.69, 9.17) is 4.74 Å². The van der Waals surface area contributed by atoms with Gasteiger partial charge in [0.1, 0.15) is 17.8 Å². The summed E-state index contributed by atoms with van der Waals surface area (Å²) in [6.45, 7) is 8.31. The molecule has 5 heteroatoms. The Morgan fingerprint density at radius 2 is 1.80 bits per heavy atom. The highest BCUT2D eigenvalue weighted by Crippen LogP contribution is 2.65. The highest BCUT2D eigenvalue weighted by molar-refractivity contribution is 5.92. The van der Waals surface area contributed by atoms with Crippen LogP contribution in [0.5, 0.6) is 0 Å². The maximum absolute atomic E-state index is 12.0. The summed E-state index contributed by atoms with van der Waals surface area (Å²) < 4.78 is 5.40. The molecule has 3 saturated carbocycles. The van der Waals surface area contributed by atoms with Gasteiger partial charge in [-0.25, -0.2) is 4.79 Å². The number of carbonyl (C=O) groups excluding carboxylic acids is 1. The molecule has 0 radical (unpaired) electrons. The zero-order valence-corrected chi connectivity index (χ0v) is 15.6. The summed E-state index contributed by atoms with van der Waals surface area (Å²) in [5, 5.41) is 33.8. The fourth-order valence-electron chi connectivity index (χ4n) is 7.01. The van der Waals surface area contributed by atoms with Crippen molar-refractivity contribution in [2.45, 2.75) is 83.7 Å².